The maximum Gasteiger partial charge on any atom is 0.224 e. The number of aromatic amines is 1. The fourth-order valence-electron chi connectivity index (χ4n) is 6.41. The zero-order valence-corrected chi connectivity index (χ0v) is 21.2. The van der Waals surface area contributed by atoms with E-state index in [1.54, 1.807) is 6.33 Å². The van der Waals surface area contributed by atoms with Crippen LogP contribution < -0.4 is 5.32 Å². The van der Waals surface area contributed by atoms with Gasteiger partial charge in [-0.3, -0.25) is 9.69 Å². The summed E-state index contributed by atoms with van der Waals surface area (Å²) < 4.78 is 2.43. The van der Waals surface area contributed by atoms with Gasteiger partial charge in [0.1, 0.15) is 0 Å². The van der Waals surface area contributed by atoms with Gasteiger partial charge in [-0.2, -0.15) is 0 Å². The van der Waals surface area contributed by atoms with Crippen molar-refractivity contribution in [2.24, 2.45) is 5.92 Å². The van der Waals surface area contributed by atoms with E-state index in [2.05, 4.69) is 69.6 Å². The minimum absolute atomic E-state index is 0.00746. The summed E-state index contributed by atoms with van der Waals surface area (Å²) in [5.41, 5.74) is 5.37. The largest absolute Gasteiger partial charge is 0.353 e. The van der Waals surface area contributed by atoms with Gasteiger partial charge in [0.05, 0.1) is 12.2 Å². The van der Waals surface area contributed by atoms with Crippen molar-refractivity contribution in [3.63, 3.8) is 0 Å². The van der Waals surface area contributed by atoms with E-state index in [4.69, 9.17) is 0 Å². The van der Waals surface area contributed by atoms with Gasteiger partial charge in [-0.25, -0.2) is 4.98 Å². The van der Waals surface area contributed by atoms with Gasteiger partial charge in [0.25, 0.3) is 0 Å². The molecule has 3 heterocycles. The van der Waals surface area contributed by atoms with Crippen molar-refractivity contribution in [3.8, 4) is 0 Å². The fourth-order valence-corrected chi connectivity index (χ4v) is 6.41. The third-order valence-electron chi connectivity index (χ3n) is 8.13. The quantitative estimate of drug-likeness (QED) is 0.415. The highest BCUT2D eigenvalue weighted by atomic mass is 16.2. The van der Waals surface area contributed by atoms with E-state index in [-0.39, 0.29) is 17.9 Å². The summed E-state index contributed by atoms with van der Waals surface area (Å²) in [6.07, 6.45) is 13.8. The number of aryl methyl sites for hydroxylation is 2. The molecule has 0 spiro atoms. The van der Waals surface area contributed by atoms with Gasteiger partial charge in [-0.05, 0) is 55.7 Å². The van der Waals surface area contributed by atoms with Gasteiger partial charge in [-0.1, -0.05) is 32.1 Å². The van der Waals surface area contributed by atoms with Gasteiger partial charge >= 0.3 is 0 Å². The van der Waals surface area contributed by atoms with E-state index >= 15 is 0 Å². The molecule has 2 aromatic heterocycles. The Kier molecular flexibility index (Phi) is 7.09. The third kappa shape index (κ3) is 4.68. The molecule has 0 radical (unpaired) electrons. The molecule has 0 bridgehead atoms. The molecule has 6 nitrogen and oxygen atoms in total. The lowest BCUT2D eigenvalue weighted by molar-refractivity contribution is -0.128. The Balaban J connectivity index is 1.37. The molecule has 1 aromatic carbocycles. The number of aromatic nitrogens is 3. The maximum absolute atomic E-state index is 13.5. The van der Waals surface area contributed by atoms with Crippen molar-refractivity contribution < 1.29 is 4.79 Å². The molecular formula is C29H39N5O. The molecule has 1 aliphatic heterocycles. The van der Waals surface area contributed by atoms with Crippen LogP contribution in [0.5, 0.6) is 0 Å². The van der Waals surface area contributed by atoms with E-state index in [1.807, 2.05) is 12.3 Å². The lowest BCUT2D eigenvalue weighted by atomic mass is 9.72. The summed E-state index contributed by atoms with van der Waals surface area (Å²) in [5.74, 6) is 0.570. The van der Waals surface area contributed by atoms with Crippen LogP contribution in [0.25, 0.3) is 10.9 Å². The van der Waals surface area contributed by atoms with Crippen LogP contribution in [-0.4, -0.2) is 50.5 Å². The van der Waals surface area contributed by atoms with Crippen molar-refractivity contribution in [2.45, 2.75) is 76.9 Å². The molecule has 0 saturated carbocycles. The first kappa shape index (κ1) is 23.9. The Bertz CT molecular complexity index is 1160. The number of fused-ring (bicyclic) bond motifs is 2. The number of nitrogens with zero attached hydrogens (tertiary/aromatic N) is 3. The molecule has 186 valence electrons. The molecule has 1 amide bonds. The van der Waals surface area contributed by atoms with Crippen molar-refractivity contribution >= 4 is 16.8 Å². The second-order valence-corrected chi connectivity index (χ2v) is 10.4. The molecular weight excluding hydrogens is 434 g/mol. The number of hydrogen-bond donors (Lipinski definition) is 2. The maximum atomic E-state index is 13.5. The summed E-state index contributed by atoms with van der Waals surface area (Å²) in [6, 6.07) is 7.39. The summed E-state index contributed by atoms with van der Waals surface area (Å²) in [5, 5.41) is 4.83. The van der Waals surface area contributed by atoms with Crippen molar-refractivity contribution in [1.29, 1.82) is 0 Å². The Morgan fingerprint density at radius 2 is 2.26 bits per heavy atom. The second kappa shape index (κ2) is 10.4. The fraction of sp³-hybridized carbons (Fsp3) is 0.517. The highest BCUT2D eigenvalue weighted by molar-refractivity contribution is 5.89. The predicted octanol–water partition coefficient (Wildman–Crippen LogP) is 4.82. The van der Waals surface area contributed by atoms with Gasteiger partial charge in [0.15, 0.2) is 0 Å². The van der Waals surface area contributed by atoms with Crippen molar-refractivity contribution in [3.05, 3.63) is 66.4 Å². The number of imidazole rings is 1. The highest BCUT2D eigenvalue weighted by Gasteiger charge is 2.42. The van der Waals surface area contributed by atoms with Crippen LogP contribution in [0.2, 0.25) is 0 Å². The number of H-pyrrole nitrogens is 1. The van der Waals surface area contributed by atoms with E-state index in [9.17, 15) is 4.79 Å². The van der Waals surface area contributed by atoms with Crippen molar-refractivity contribution in [2.75, 3.05) is 13.1 Å². The van der Waals surface area contributed by atoms with Gasteiger partial charge in [-0.15, -0.1) is 6.58 Å². The number of benzene rings is 1. The third-order valence-corrected chi connectivity index (χ3v) is 8.13. The molecule has 1 aliphatic carbocycles. The zero-order valence-electron chi connectivity index (χ0n) is 21.2. The van der Waals surface area contributed by atoms with Crippen LogP contribution in [0.1, 0.15) is 62.3 Å². The summed E-state index contributed by atoms with van der Waals surface area (Å²) in [6.45, 7) is 11.1. The summed E-state index contributed by atoms with van der Waals surface area (Å²) >= 11 is 0. The van der Waals surface area contributed by atoms with Gasteiger partial charge in [0, 0.05) is 66.6 Å². The number of carbonyl (C=O) groups excluding carboxylic acids is 1. The average molecular weight is 474 g/mol. The highest BCUT2D eigenvalue weighted by Crippen LogP contribution is 2.45. The first-order chi connectivity index (χ1) is 17.1. The number of amides is 1. The number of likely N-dealkylation sites (tertiary alicyclic amines) is 1. The van der Waals surface area contributed by atoms with E-state index in [0.29, 0.717) is 12.0 Å². The molecule has 2 N–H and O–H groups in total. The summed E-state index contributed by atoms with van der Waals surface area (Å²) in [4.78, 5) is 23.3. The second-order valence-electron chi connectivity index (χ2n) is 10.4. The molecule has 1 fully saturated rings. The first-order valence-electron chi connectivity index (χ1n) is 13.4. The molecule has 1 unspecified atom stereocenters. The number of piperidine rings is 1. The minimum atomic E-state index is -0.00746. The molecule has 2 aliphatic rings. The van der Waals surface area contributed by atoms with Crippen LogP contribution in [0.3, 0.4) is 0 Å². The van der Waals surface area contributed by atoms with Crippen LogP contribution in [-0.2, 0) is 24.2 Å². The normalized spacial score (nSPS) is 22.6. The van der Waals surface area contributed by atoms with Gasteiger partial charge < -0.3 is 14.9 Å². The molecule has 35 heavy (non-hydrogen) atoms. The average Bonchev–Trinajstić information content (AvgIpc) is 3.51. The number of nitrogens with one attached hydrogen (secondary N) is 2. The Morgan fingerprint density at radius 1 is 1.37 bits per heavy atom. The molecule has 4 atom stereocenters. The van der Waals surface area contributed by atoms with Crippen molar-refractivity contribution in [1.82, 2.24) is 24.8 Å². The Labute approximate surface area is 208 Å². The molecule has 5 rings (SSSR count). The molecule has 1 saturated heterocycles. The Morgan fingerprint density at radius 3 is 3.00 bits per heavy atom. The molecule has 6 heteroatoms. The van der Waals surface area contributed by atoms with Crippen LogP contribution in [0.4, 0.5) is 0 Å². The van der Waals surface area contributed by atoms with E-state index in [0.717, 1.165) is 63.9 Å². The predicted molar refractivity (Wildman–Crippen MR) is 141 cm³/mol. The SMILES string of the molecule is C=CCN1C[C@H](C(=O)NC(CC)CCc2cnc[nH]2)C[C@@H]2c3cccc4c3c(cn4CCC)C[C@H]21. The lowest BCUT2D eigenvalue weighted by Crippen LogP contribution is -2.53. The molecule has 3 aromatic rings. The lowest BCUT2D eigenvalue weighted by Gasteiger charge is -2.46. The van der Waals surface area contributed by atoms with Crippen LogP contribution in [0, 0.1) is 5.92 Å². The number of rotatable bonds is 10. The van der Waals surface area contributed by atoms with E-state index in [1.165, 1.54) is 22.0 Å². The topological polar surface area (TPSA) is 66.0 Å². The summed E-state index contributed by atoms with van der Waals surface area (Å²) in [7, 11) is 0. The van der Waals surface area contributed by atoms with Crippen LogP contribution in [0.15, 0.2) is 49.6 Å². The standard InChI is InChI=1S/C29H39N5O/c1-4-12-33-17-20-15-27-25(24-8-7-9-26(33)28(20)24)14-21(18-34(27)13-5-2)29(35)32-22(6-3)10-11-23-16-30-19-31-23/h5,7-9,16-17,19,21-22,25,27H,2,4,6,10-15,18H2,1,3H3,(H,30,31)(H,32,35)/t21-,22?,25-,27-/m1/s1. The monoisotopic (exact) mass is 473 g/mol. The van der Waals surface area contributed by atoms with Gasteiger partial charge in [0.2, 0.25) is 5.91 Å². The minimum Gasteiger partial charge on any atom is -0.353 e. The zero-order chi connectivity index (χ0) is 24.4. The first-order valence-corrected chi connectivity index (χ1v) is 13.4. The smallest absolute Gasteiger partial charge is 0.224 e. The Hall–Kier alpha value is -2.86. The van der Waals surface area contributed by atoms with Crippen LogP contribution >= 0.6 is 0 Å². The van der Waals surface area contributed by atoms with E-state index < -0.39 is 0 Å². The number of hydrogen-bond acceptors (Lipinski definition) is 3. The number of carbonyl (C=O) groups is 1.